The number of carbonyl (C=O) groups excluding carboxylic acids is 1. The molecule has 0 unspecified atom stereocenters. The van der Waals surface area contributed by atoms with Gasteiger partial charge in [0.25, 0.3) is 0 Å². The van der Waals surface area contributed by atoms with Crippen molar-refractivity contribution < 1.29 is 14.3 Å². The molecule has 1 aromatic heterocycles. The van der Waals surface area contributed by atoms with Gasteiger partial charge < -0.3 is 19.7 Å². The number of nitrogens with one attached hydrogen (secondary N) is 1. The third-order valence-electron chi connectivity index (χ3n) is 5.05. The maximum atomic E-state index is 11.7. The summed E-state index contributed by atoms with van der Waals surface area (Å²) in [6.07, 6.45) is 3.27. The van der Waals surface area contributed by atoms with Crippen molar-refractivity contribution in [2.24, 2.45) is 10.9 Å². The number of likely N-dealkylation sites (tertiary alicyclic amines) is 1. The number of rotatable bonds is 6. The fourth-order valence-corrected chi connectivity index (χ4v) is 3.41. The Labute approximate surface area is 194 Å². The number of piperidine rings is 1. The highest BCUT2D eigenvalue weighted by atomic mass is 127. The van der Waals surface area contributed by atoms with E-state index in [1.54, 1.807) is 13.2 Å². The highest BCUT2D eigenvalue weighted by molar-refractivity contribution is 14.0. The molecule has 7 nitrogen and oxygen atoms in total. The van der Waals surface area contributed by atoms with Gasteiger partial charge >= 0.3 is 5.97 Å². The highest BCUT2D eigenvalue weighted by Gasteiger charge is 2.27. The number of guanidine groups is 1. The topological polar surface area (TPSA) is 76.1 Å². The Hall–Kier alpha value is -2.36. The predicted octanol–water partition coefficient (Wildman–Crippen LogP) is 3.24. The van der Waals surface area contributed by atoms with Gasteiger partial charge in [-0.1, -0.05) is 36.4 Å². The number of methoxy groups -OCH3 is 1. The molecule has 0 radical (unpaired) electrons. The maximum absolute atomic E-state index is 11.7. The highest BCUT2D eigenvalue weighted by Crippen LogP contribution is 2.19. The van der Waals surface area contributed by atoms with Crippen molar-refractivity contribution in [2.75, 3.05) is 27.2 Å². The number of aliphatic imine (C=N–C) groups is 1. The van der Waals surface area contributed by atoms with Crippen LogP contribution in [0, 0.1) is 5.92 Å². The Morgan fingerprint density at radius 3 is 2.60 bits per heavy atom. The average Bonchev–Trinajstić information content (AvgIpc) is 2.79. The summed E-state index contributed by atoms with van der Waals surface area (Å²) in [5.74, 6) is 1.28. The predicted molar refractivity (Wildman–Crippen MR) is 127 cm³/mol. The van der Waals surface area contributed by atoms with Gasteiger partial charge in [-0.05, 0) is 24.5 Å². The smallest absolute Gasteiger partial charge is 0.308 e. The van der Waals surface area contributed by atoms with E-state index >= 15 is 0 Å². The minimum absolute atomic E-state index is 0. The van der Waals surface area contributed by atoms with Crippen LogP contribution in [0.25, 0.3) is 0 Å². The van der Waals surface area contributed by atoms with Crippen LogP contribution in [-0.2, 0) is 22.7 Å². The van der Waals surface area contributed by atoms with Crippen molar-refractivity contribution >= 4 is 35.9 Å². The third kappa shape index (κ3) is 6.58. The van der Waals surface area contributed by atoms with Crippen LogP contribution in [0.4, 0.5) is 0 Å². The molecule has 2 heterocycles. The summed E-state index contributed by atoms with van der Waals surface area (Å²) in [6.45, 7) is 2.57. The third-order valence-corrected chi connectivity index (χ3v) is 5.05. The van der Waals surface area contributed by atoms with Crippen LogP contribution in [0.15, 0.2) is 53.7 Å². The zero-order chi connectivity index (χ0) is 20.5. The minimum atomic E-state index is -0.122. The van der Waals surface area contributed by atoms with Crippen LogP contribution < -0.4 is 10.1 Å². The molecule has 0 amide bonds. The van der Waals surface area contributed by atoms with Gasteiger partial charge in [0.15, 0.2) is 5.96 Å². The molecular formula is C22H29IN4O3. The molecule has 1 aromatic carbocycles. The molecule has 162 valence electrons. The summed E-state index contributed by atoms with van der Waals surface area (Å²) in [5, 5.41) is 3.39. The number of hydrogen-bond donors (Lipinski definition) is 1. The number of benzene rings is 1. The minimum Gasteiger partial charge on any atom is -0.473 e. The molecule has 1 aliphatic heterocycles. The lowest BCUT2D eigenvalue weighted by Gasteiger charge is -2.33. The van der Waals surface area contributed by atoms with Gasteiger partial charge in [0.1, 0.15) is 6.61 Å². The Bertz CT molecular complexity index is 824. The van der Waals surface area contributed by atoms with Gasteiger partial charge in [0.2, 0.25) is 5.88 Å². The molecular weight excluding hydrogens is 495 g/mol. The Kier molecular flexibility index (Phi) is 9.85. The van der Waals surface area contributed by atoms with E-state index in [-0.39, 0.29) is 35.9 Å². The van der Waals surface area contributed by atoms with E-state index < -0.39 is 0 Å². The van der Waals surface area contributed by atoms with Gasteiger partial charge in [0, 0.05) is 38.4 Å². The molecule has 0 saturated carbocycles. The van der Waals surface area contributed by atoms with Crippen molar-refractivity contribution in [3.05, 3.63) is 59.8 Å². The number of esters is 1. The summed E-state index contributed by atoms with van der Waals surface area (Å²) in [5.41, 5.74) is 2.07. The maximum Gasteiger partial charge on any atom is 0.308 e. The van der Waals surface area contributed by atoms with Gasteiger partial charge in [0.05, 0.1) is 13.0 Å². The zero-order valence-electron chi connectivity index (χ0n) is 17.4. The Morgan fingerprint density at radius 2 is 1.93 bits per heavy atom. The molecule has 1 N–H and O–H groups in total. The molecule has 3 rings (SSSR count). The van der Waals surface area contributed by atoms with Crippen LogP contribution in [0.1, 0.15) is 24.0 Å². The molecule has 1 aliphatic rings. The van der Waals surface area contributed by atoms with Crippen molar-refractivity contribution in [1.29, 1.82) is 0 Å². The van der Waals surface area contributed by atoms with Crippen LogP contribution in [0.2, 0.25) is 0 Å². The van der Waals surface area contributed by atoms with E-state index in [2.05, 4.69) is 20.2 Å². The number of nitrogens with zero attached hydrogens (tertiary/aromatic N) is 3. The number of carbonyl (C=O) groups is 1. The van der Waals surface area contributed by atoms with Crippen molar-refractivity contribution in [2.45, 2.75) is 26.0 Å². The van der Waals surface area contributed by atoms with Gasteiger partial charge in [-0.25, -0.2) is 4.98 Å². The largest absolute Gasteiger partial charge is 0.473 e. The van der Waals surface area contributed by atoms with Crippen molar-refractivity contribution in [3.8, 4) is 5.88 Å². The SMILES string of the molecule is CN=C(NCc1cccnc1OCc1ccccc1)N1CCC(C(=O)OC)CC1.I. The average molecular weight is 524 g/mol. The first kappa shape index (κ1) is 23.9. The Balaban J connectivity index is 0.00000320. The lowest BCUT2D eigenvalue weighted by Crippen LogP contribution is -2.46. The van der Waals surface area contributed by atoms with Crippen LogP contribution in [0.3, 0.4) is 0 Å². The molecule has 0 atom stereocenters. The lowest BCUT2D eigenvalue weighted by atomic mass is 9.97. The van der Waals surface area contributed by atoms with Crippen molar-refractivity contribution in [3.63, 3.8) is 0 Å². The van der Waals surface area contributed by atoms with Crippen LogP contribution >= 0.6 is 24.0 Å². The molecule has 30 heavy (non-hydrogen) atoms. The van der Waals surface area contributed by atoms with Gasteiger partial charge in [-0.3, -0.25) is 9.79 Å². The summed E-state index contributed by atoms with van der Waals surface area (Å²) < 4.78 is 10.8. The van der Waals surface area contributed by atoms with E-state index in [1.165, 1.54) is 7.11 Å². The molecule has 0 aliphatic carbocycles. The van der Waals surface area contributed by atoms with E-state index in [9.17, 15) is 4.79 Å². The lowest BCUT2D eigenvalue weighted by molar-refractivity contribution is -0.146. The first-order valence-corrected chi connectivity index (χ1v) is 9.85. The summed E-state index contributed by atoms with van der Waals surface area (Å²) in [6, 6.07) is 13.9. The van der Waals surface area contributed by atoms with Gasteiger partial charge in [-0.15, -0.1) is 24.0 Å². The van der Waals surface area contributed by atoms with E-state index in [1.807, 2.05) is 42.5 Å². The summed E-state index contributed by atoms with van der Waals surface area (Å²) in [4.78, 5) is 22.7. The van der Waals surface area contributed by atoms with Crippen LogP contribution in [0.5, 0.6) is 5.88 Å². The fraction of sp³-hybridized carbons (Fsp3) is 0.409. The second-order valence-corrected chi connectivity index (χ2v) is 6.93. The summed E-state index contributed by atoms with van der Waals surface area (Å²) >= 11 is 0. The Morgan fingerprint density at radius 1 is 1.20 bits per heavy atom. The summed E-state index contributed by atoms with van der Waals surface area (Å²) in [7, 11) is 3.21. The zero-order valence-corrected chi connectivity index (χ0v) is 19.7. The van der Waals surface area contributed by atoms with Crippen LogP contribution in [-0.4, -0.2) is 49.1 Å². The standard InChI is InChI=1S/C22H28N4O3.HI/c1-23-22(26-13-10-18(11-14-26)21(27)28-2)25-15-19-9-6-12-24-20(19)29-16-17-7-4-3-5-8-17;/h3-9,12,18H,10-11,13-16H2,1-2H3,(H,23,25);1H. The normalized spacial score (nSPS) is 14.6. The van der Waals surface area contributed by atoms with Gasteiger partial charge in [-0.2, -0.15) is 0 Å². The van der Waals surface area contributed by atoms with E-state index in [4.69, 9.17) is 9.47 Å². The van der Waals surface area contributed by atoms with E-state index in [0.29, 0.717) is 19.0 Å². The quantitative estimate of drug-likeness (QED) is 0.271. The fourth-order valence-electron chi connectivity index (χ4n) is 3.41. The second-order valence-electron chi connectivity index (χ2n) is 6.93. The first-order valence-electron chi connectivity index (χ1n) is 9.85. The second kappa shape index (κ2) is 12.4. The number of aromatic nitrogens is 1. The molecule has 0 spiro atoms. The number of ether oxygens (including phenoxy) is 2. The molecule has 0 bridgehead atoms. The monoisotopic (exact) mass is 524 g/mol. The molecule has 1 fully saturated rings. The number of halogens is 1. The number of hydrogen-bond acceptors (Lipinski definition) is 5. The molecule has 1 saturated heterocycles. The number of pyridine rings is 1. The van der Waals surface area contributed by atoms with Crippen molar-refractivity contribution in [1.82, 2.24) is 15.2 Å². The first-order chi connectivity index (χ1) is 14.2. The molecule has 8 heteroatoms. The molecule has 2 aromatic rings. The van der Waals surface area contributed by atoms with E-state index in [0.717, 1.165) is 43.0 Å².